The van der Waals surface area contributed by atoms with E-state index >= 15 is 0 Å². The van der Waals surface area contributed by atoms with E-state index < -0.39 is 0 Å². The van der Waals surface area contributed by atoms with Crippen molar-refractivity contribution in [3.63, 3.8) is 0 Å². The number of piperidine rings is 1. The Hall–Kier alpha value is -1.97. The van der Waals surface area contributed by atoms with Crippen LogP contribution in [-0.2, 0) is 17.7 Å². The highest BCUT2D eigenvalue weighted by atomic mass is 16.5. The van der Waals surface area contributed by atoms with Crippen molar-refractivity contribution < 1.29 is 9.53 Å². The number of carbonyl (C=O) groups excluding carboxylic acids is 1. The normalized spacial score (nSPS) is 16.8. The molecule has 0 atom stereocenters. The van der Waals surface area contributed by atoms with E-state index in [9.17, 15) is 4.79 Å². The smallest absolute Gasteiger partial charge is 0.159 e. The van der Waals surface area contributed by atoms with Crippen LogP contribution in [0.3, 0.4) is 0 Å². The van der Waals surface area contributed by atoms with Gasteiger partial charge in [0.25, 0.3) is 0 Å². The van der Waals surface area contributed by atoms with Crippen LogP contribution in [0.2, 0.25) is 0 Å². The number of hydrogen-bond donors (Lipinski definition) is 0. The average molecular weight is 380 g/mol. The van der Waals surface area contributed by atoms with E-state index in [4.69, 9.17) is 4.74 Å². The average Bonchev–Trinajstić information content (AvgIpc) is 2.73. The molecule has 28 heavy (non-hydrogen) atoms. The van der Waals surface area contributed by atoms with E-state index in [2.05, 4.69) is 54.3 Å². The number of aryl methyl sites for hydroxylation is 1. The molecule has 0 radical (unpaired) electrons. The third kappa shape index (κ3) is 5.76. The summed E-state index contributed by atoms with van der Waals surface area (Å²) in [6.07, 6.45) is 4.69. The number of ether oxygens (including phenoxy) is 1. The SMILES string of the molecule is CCOCC1(CCc2ccccc2)CCN(Cc2ccc(C(C)=O)cc2)CC1. The molecule has 0 aliphatic carbocycles. The minimum Gasteiger partial charge on any atom is -0.381 e. The molecule has 150 valence electrons. The zero-order chi connectivity index (χ0) is 19.8. The first-order chi connectivity index (χ1) is 13.6. The maximum atomic E-state index is 11.4. The Morgan fingerprint density at radius 1 is 1.00 bits per heavy atom. The van der Waals surface area contributed by atoms with Gasteiger partial charge >= 0.3 is 0 Å². The van der Waals surface area contributed by atoms with Gasteiger partial charge in [-0.3, -0.25) is 9.69 Å². The molecule has 0 saturated carbocycles. The third-order valence-electron chi connectivity index (χ3n) is 6.08. The van der Waals surface area contributed by atoms with Crippen LogP contribution in [0.15, 0.2) is 54.6 Å². The summed E-state index contributed by atoms with van der Waals surface area (Å²) in [5.74, 6) is 0.128. The van der Waals surface area contributed by atoms with Crippen LogP contribution < -0.4 is 0 Å². The van der Waals surface area contributed by atoms with Gasteiger partial charge in [-0.25, -0.2) is 0 Å². The molecule has 0 N–H and O–H groups in total. The maximum absolute atomic E-state index is 11.4. The van der Waals surface area contributed by atoms with Gasteiger partial charge in [-0.1, -0.05) is 54.6 Å². The molecule has 2 aromatic rings. The number of hydrogen-bond acceptors (Lipinski definition) is 3. The first kappa shape index (κ1) is 20.8. The van der Waals surface area contributed by atoms with Crippen molar-refractivity contribution in [2.24, 2.45) is 5.41 Å². The minimum absolute atomic E-state index is 0.128. The lowest BCUT2D eigenvalue weighted by atomic mass is 9.74. The summed E-state index contributed by atoms with van der Waals surface area (Å²) in [7, 11) is 0. The summed E-state index contributed by atoms with van der Waals surface area (Å²) >= 11 is 0. The Balaban J connectivity index is 1.56. The molecule has 0 spiro atoms. The Morgan fingerprint density at radius 3 is 2.29 bits per heavy atom. The molecule has 0 unspecified atom stereocenters. The molecule has 1 aliphatic rings. The summed E-state index contributed by atoms with van der Waals surface area (Å²) in [6, 6.07) is 18.9. The highest BCUT2D eigenvalue weighted by Gasteiger charge is 2.34. The Bertz CT molecular complexity index is 731. The first-order valence-corrected chi connectivity index (χ1v) is 10.5. The van der Waals surface area contributed by atoms with Crippen LogP contribution in [0.5, 0.6) is 0 Å². The summed E-state index contributed by atoms with van der Waals surface area (Å²) in [4.78, 5) is 14.0. The zero-order valence-electron chi connectivity index (χ0n) is 17.3. The van der Waals surface area contributed by atoms with E-state index in [1.54, 1.807) is 6.92 Å². The van der Waals surface area contributed by atoms with Crippen molar-refractivity contribution >= 4 is 5.78 Å². The van der Waals surface area contributed by atoms with E-state index in [0.29, 0.717) is 5.41 Å². The van der Waals surface area contributed by atoms with Gasteiger partial charge in [0.05, 0.1) is 6.61 Å². The molecule has 1 heterocycles. The van der Waals surface area contributed by atoms with Crippen LogP contribution >= 0.6 is 0 Å². The minimum atomic E-state index is 0.128. The number of nitrogens with zero attached hydrogens (tertiary/aromatic N) is 1. The van der Waals surface area contributed by atoms with Crippen molar-refractivity contribution in [2.45, 2.75) is 46.1 Å². The number of ketones is 1. The molecule has 0 aromatic heterocycles. The fourth-order valence-electron chi connectivity index (χ4n) is 4.13. The largest absolute Gasteiger partial charge is 0.381 e. The predicted molar refractivity (Wildman–Crippen MR) is 115 cm³/mol. The number of Topliss-reactive ketones (excluding diaryl/α,β-unsaturated/α-hetero) is 1. The molecule has 1 fully saturated rings. The second kappa shape index (κ2) is 9.99. The Labute approximate surface area is 169 Å². The van der Waals surface area contributed by atoms with Gasteiger partial charge in [0, 0.05) is 18.7 Å². The number of likely N-dealkylation sites (tertiary alicyclic amines) is 1. The summed E-state index contributed by atoms with van der Waals surface area (Å²) < 4.78 is 5.90. The van der Waals surface area contributed by atoms with Crippen molar-refractivity contribution in [1.29, 1.82) is 0 Å². The van der Waals surface area contributed by atoms with Gasteiger partial charge in [0.15, 0.2) is 5.78 Å². The Kier molecular flexibility index (Phi) is 7.41. The van der Waals surface area contributed by atoms with Crippen molar-refractivity contribution in [3.8, 4) is 0 Å². The number of carbonyl (C=O) groups is 1. The van der Waals surface area contributed by atoms with Gasteiger partial charge in [0.1, 0.15) is 0 Å². The topological polar surface area (TPSA) is 29.5 Å². The number of benzene rings is 2. The van der Waals surface area contributed by atoms with Gasteiger partial charge in [-0.15, -0.1) is 0 Å². The zero-order valence-corrected chi connectivity index (χ0v) is 17.3. The molecule has 3 rings (SSSR count). The van der Waals surface area contributed by atoms with Crippen molar-refractivity contribution in [2.75, 3.05) is 26.3 Å². The lowest BCUT2D eigenvalue weighted by molar-refractivity contribution is -0.00232. The fourth-order valence-corrected chi connectivity index (χ4v) is 4.13. The van der Waals surface area contributed by atoms with E-state index in [-0.39, 0.29) is 5.78 Å². The highest BCUT2D eigenvalue weighted by Crippen LogP contribution is 2.37. The molecule has 2 aromatic carbocycles. The van der Waals surface area contributed by atoms with Crippen molar-refractivity contribution in [3.05, 3.63) is 71.3 Å². The van der Waals surface area contributed by atoms with E-state index in [1.165, 1.54) is 30.4 Å². The van der Waals surface area contributed by atoms with Crippen molar-refractivity contribution in [1.82, 2.24) is 4.90 Å². The molecule has 0 bridgehead atoms. The fraction of sp³-hybridized carbons (Fsp3) is 0.480. The quantitative estimate of drug-likeness (QED) is 0.565. The highest BCUT2D eigenvalue weighted by molar-refractivity contribution is 5.93. The Morgan fingerprint density at radius 2 is 1.68 bits per heavy atom. The van der Waals surface area contributed by atoms with E-state index in [0.717, 1.165) is 44.8 Å². The monoisotopic (exact) mass is 379 g/mol. The van der Waals surface area contributed by atoms with Crippen LogP contribution in [0.1, 0.15) is 54.6 Å². The third-order valence-corrected chi connectivity index (χ3v) is 6.08. The molecule has 1 saturated heterocycles. The summed E-state index contributed by atoms with van der Waals surface area (Å²) in [6.45, 7) is 8.54. The van der Waals surface area contributed by atoms with Crippen LogP contribution in [0.4, 0.5) is 0 Å². The molecular formula is C25H33NO2. The van der Waals surface area contributed by atoms with Crippen LogP contribution in [-0.4, -0.2) is 37.0 Å². The summed E-state index contributed by atoms with van der Waals surface area (Å²) in [5.41, 5.74) is 3.79. The second-order valence-corrected chi connectivity index (χ2v) is 8.15. The predicted octanol–water partition coefficient (Wildman–Crippen LogP) is 5.14. The molecule has 3 nitrogen and oxygen atoms in total. The lowest BCUT2D eigenvalue weighted by Gasteiger charge is -2.42. The molecule has 3 heteroatoms. The van der Waals surface area contributed by atoms with Gasteiger partial charge in [0.2, 0.25) is 0 Å². The standard InChI is InChI=1S/C25H33NO2/c1-3-28-20-25(14-13-22-7-5-4-6-8-22)15-17-26(18-16-25)19-23-9-11-24(12-10-23)21(2)27/h4-12H,3,13-20H2,1-2H3. The van der Waals surface area contributed by atoms with Gasteiger partial charge < -0.3 is 4.74 Å². The van der Waals surface area contributed by atoms with Gasteiger partial charge in [-0.05, 0) is 69.2 Å². The van der Waals surface area contributed by atoms with E-state index in [1.807, 2.05) is 12.1 Å². The lowest BCUT2D eigenvalue weighted by Crippen LogP contribution is -2.42. The number of rotatable bonds is 9. The van der Waals surface area contributed by atoms with Crippen LogP contribution in [0.25, 0.3) is 0 Å². The summed E-state index contributed by atoms with van der Waals surface area (Å²) in [5, 5.41) is 0. The molecular weight excluding hydrogens is 346 g/mol. The second-order valence-electron chi connectivity index (χ2n) is 8.15. The van der Waals surface area contributed by atoms with Crippen LogP contribution in [0, 0.1) is 5.41 Å². The maximum Gasteiger partial charge on any atom is 0.159 e. The molecule has 0 amide bonds. The van der Waals surface area contributed by atoms with Gasteiger partial charge in [-0.2, -0.15) is 0 Å². The first-order valence-electron chi connectivity index (χ1n) is 10.5. The molecule has 1 aliphatic heterocycles.